The van der Waals surface area contributed by atoms with Crippen LogP contribution in [-0.4, -0.2) is 32.3 Å². The van der Waals surface area contributed by atoms with Gasteiger partial charge in [-0.15, -0.1) is 11.3 Å². The maximum Gasteiger partial charge on any atom is 0.342 e. The Morgan fingerprint density at radius 1 is 0.963 bits per heavy atom. The van der Waals surface area contributed by atoms with E-state index in [1.54, 1.807) is 12.1 Å². The molecular weight excluding hydrogens is 366 g/mol. The van der Waals surface area contributed by atoms with Crippen LogP contribution in [0.1, 0.15) is 16.1 Å². The molecule has 7 heteroatoms. The Bertz CT molecular complexity index is 923. The van der Waals surface area contributed by atoms with Crippen molar-refractivity contribution in [1.82, 2.24) is 4.98 Å². The maximum atomic E-state index is 12.5. The Labute approximate surface area is 161 Å². The standard InChI is InChI=1S/C20H19NO5S/c1-23-16-10-9-15(17(24-2)18(16)25-3)20(22)26-11-14-12-27-19(21-14)13-7-5-4-6-8-13/h4-10,12H,11H2,1-3H3. The summed E-state index contributed by atoms with van der Waals surface area (Å²) in [5.41, 5.74) is 1.97. The van der Waals surface area contributed by atoms with Crippen LogP contribution in [0.3, 0.4) is 0 Å². The third kappa shape index (κ3) is 4.03. The van der Waals surface area contributed by atoms with E-state index in [-0.39, 0.29) is 17.9 Å². The van der Waals surface area contributed by atoms with Gasteiger partial charge in [0.05, 0.1) is 27.0 Å². The van der Waals surface area contributed by atoms with Gasteiger partial charge in [-0.05, 0) is 12.1 Å². The quantitative estimate of drug-likeness (QED) is 0.568. The summed E-state index contributed by atoms with van der Waals surface area (Å²) in [4.78, 5) is 17.0. The number of hydrogen-bond donors (Lipinski definition) is 0. The molecule has 0 saturated carbocycles. The minimum absolute atomic E-state index is 0.0691. The highest BCUT2D eigenvalue weighted by molar-refractivity contribution is 7.13. The summed E-state index contributed by atoms with van der Waals surface area (Å²) >= 11 is 1.51. The summed E-state index contributed by atoms with van der Waals surface area (Å²) in [5.74, 6) is 0.555. The van der Waals surface area contributed by atoms with Gasteiger partial charge in [-0.3, -0.25) is 0 Å². The van der Waals surface area contributed by atoms with Crippen molar-refractivity contribution in [2.45, 2.75) is 6.61 Å². The summed E-state index contributed by atoms with van der Waals surface area (Å²) in [6.07, 6.45) is 0. The van der Waals surface area contributed by atoms with Crippen LogP contribution in [-0.2, 0) is 11.3 Å². The lowest BCUT2D eigenvalue weighted by Crippen LogP contribution is -2.09. The molecule has 0 fully saturated rings. The third-order valence-corrected chi connectivity index (χ3v) is 4.79. The SMILES string of the molecule is COc1ccc(C(=O)OCc2csc(-c3ccccc3)n2)c(OC)c1OC. The van der Waals surface area contributed by atoms with Crippen LogP contribution in [0.25, 0.3) is 10.6 Å². The minimum atomic E-state index is -0.526. The Kier molecular flexibility index (Phi) is 5.93. The number of esters is 1. The second-order valence-electron chi connectivity index (χ2n) is 5.47. The second kappa shape index (κ2) is 8.55. The average molecular weight is 385 g/mol. The predicted molar refractivity (Wildman–Crippen MR) is 103 cm³/mol. The van der Waals surface area contributed by atoms with E-state index in [2.05, 4.69) is 4.98 Å². The topological polar surface area (TPSA) is 66.9 Å². The molecule has 0 saturated heterocycles. The lowest BCUT2D eigenvalue weighted by atomic mass is 10.1. The number of carbonyl (C=O) groups is 1. The van der Waals surface area contributed by atoms with Crippen molar-refractivity contribution in [3.05, 3.63) is 59.1 Å². The number of hydrogen-bond acceptors (Lipinski definition) is 7. The lowest BCUT2D eigenvalue weighted by molar-refractivity contribution is 0.0464. The van der Waals surface area contributed by atoms with Crippen LogP contribution in [0.2, 0.25) is 0 Å². The van der Waals surface area contributed by atoms with Gasteiger partial charge in [0.1, 0.15) is 17.2 Å². The van der Waals surface area contributed by atoms with Gasteiger partial charge >= 0.3 is 5.97 Å². The Morgan fingerprint density at radius 3 is 2.37 bits per heavy atom. The average Bonchev–Trinajstić information content (AvgIpc) is 3.20. The molecule has 0 radical (unpaired) electrons. The van der Waals surface area contributed by atoms with Crippen LogP contribution in [0.15, 0.2) is 47.8 Å². The number of rotatable bonds is 7. The molecule has 6 nitrogen and oxygen atoms in total. The molecule has 0 unspecified atom stereocenters. The highest BCUT2D eigenvalue weighted by Crippen LogP contribution is 2.40. The van der Waals surface area contributed by atoms with Gasteiger partial charge < -0.3 is 18.9 Å². The van der Waals surface area contributed by atoms with Gasteiger partial charge in [-0.1, -0.05) is 30.3 Å². The lowest BCUT2D eigenvalue weighted by Gasteiger charge is -2.14. The van der Waals surface area contributed by atoms with E-state index in [0.29, 0.717) is 17.2 Å². The fourth-order valence-corrected chi connectivity index (χ4v) is 3.38. The molecule has 1 aromatic heterocycles. The molecule has 0 aliphatic heterocycles. The highest BCUT2D eigenvalue weighted by Gasteiger charge is 2.22. The summed E-state index contributed by atoms with van der Waals surface area (Å²) in [7, 11) is 4.46. The van der Waals surface area contributed by atoms with E-state index in [1.807, 2.05) is 35.7 Å². The monoisotopic (exact) mass is 385 g/mol. The normalized spacial score (nSPS) is 10.3. The second-order valence-corrected chi connectivity index (χ2v) is 6.33. The first kappa shape index (κ1) is 18.7. The predicted octanol–water partition coefficient (Wildman–Crippen LogP) is 4.19. The minimum Gasteiger partial charge on any atom is -0.493 e. The van der Waals surface area contributed by atoms with Gasteiger partial charge in [-0.2, -0.15) is 0 Å². The number of thiazole rings is 1. The molecule has 0 aliphatic rings. The van der Waals surface area contributed by atoms with Crippen molar-refractivity contribution in [3.8, 4) is 27.8 Å². The van der Waals surface area contributed by atoms with E-state index in [0.717, 1.165) is 10.6 Å². The molecule has 3 aromatic rings. The van der Waals surface area contributed by atoms with Crippen molar-refractivity contribution in [2.24, 2.45) is 0 Å². The van der Waals surface area contributed by atoms with E-state index in [4.69, 9.17) is 18.9 Å². The zero-order valence-corrected chi connectivity index (χ0v) is 16.0. The summed E-state index contributed by atoms with van der Waals surface area (Å²) in [6, 6.07) is 13.1. The van der Waals surface area contributed by atoms with Crippen LogP contribution in [0, 0.1) is 0 Å². The zero-order valence-electron chi connectivity index (χ0n) is 15.2. The number of methoxy groups -OCH3 is 3. The Hall–Kier alpha value is -3.06. The zero-order chi connectivity index (χ0) is 19.2. The van der Waals surface area contributed by atoms with Crippen LogP contribution >= 0.6 is 11.3 Å². The van der Waals surface area contributed by atoms with Gasteiger partial charge in [0.15, 0.2) is 11.5 Å². The van der Waals surface area contributed by atoms with E-state index < -0.39 is 5.97 Å². The van der Waals surface area contributed by atoms with Gasteiger partial charge in [0.2, 0.25) is 5.75 Å². The summed E-state index contributed by atoms with van der Waals surface area (Å²) < 4.78 is 21.3. The molecule has 0 N–H and O–H groups in total. The van der Waals surface area contributed by atoms with E-state index >= 15 is 0 Å². The molecule has 2 aromatic carbocycles. The summed E-state index contributed by atoms with van der Waals surface area (Å²) in [6.45, 7) is 0.0691. The molecule has 0 spiro atoms. The molecule has 3 rings (SSSR count). The third-order valence-electron chi connectivity index (χ3n) is 3.85. The molecular formula is C20H19NO5S. The molecule has 140 valence electrons. The first-order valence-electron chi connectivity index (χ1n) is 8.13. The fraction of sp³-hybridized carbons (Fsp3) is 0.200. The van der Waals surface area contributed by atoms with Gasteiger partial charge in [-0.25, -0.2) is 9.78 Å². The van der Waals surface area contributed by atoms with Crippen LogP contribution < -0.4 is 14.2 Å². The Balaban J connectivity index is 1.74. The molecule has 1 heterocycles. The van der Waals surface area contributed by atoms with E-state index in [9.17, 15) is 4.79 Å². The number of ether oxygens (including phenoxy) is 4. The van der Waals surface area contributed by atoms with E-state index in [1.165, 1.54) is 32.7 Å². The summed E-state index contributed by atoms with van der Waals surface area (Å²) in [5, 5.41) is 2.76. The fourth-order valence-electron chi connectivity index (χ4n) is 2.57. The number of carbonyl (C=O) groups excluding carboxylic acids is 1. The van der Waals surface area contributed by atoms with Crippen molar-refractivity contribution < 1.29 is 23.7 Å². The first-order valence-corrected chi connectivity index (χ1v) is 9.01. The first-order chi connectivity index (χ1) is 13.2. The molecule has 0 aliphatic carbocycles. The maximum absolute atomic E-state index is 12.5. The molecule has 0 amide bonds. The van der Waals surface area contributed by atoms with Crippen LogP contribution in [0.5, 0.6) is 17.2 Å². The smallest absolute Gasteiger partial charge is 0.342 e. The molecule has 0 bridgehead atoms. The van der Waals surface area contributed by atoms with Crippen molar-refractivity contribution in [1.29, 1.82) is 0 Å². The van der Waals surface area contributed by atoms with Gasteiger partial charge in [0.25, 0.3) is 0 Å². The number of benzene rings is 2. The molecule has 0 atom stereocenters. The molecule has 27 heavy (non-hydrogen) atoms. The van der Waals surface area contributed by atoms with Crippen molar-refractivity contribution >= 4 is 17.3 Å². The number of nitrogens with zero attached hydrogens (tertiary/aromatic N) is 1. The van der Waals surface area contributed by atoms with Gasteiger partial charge in [0, 0.05) is 10.9 Å². The van der Waals surface area contributed by atoms with Crippen LogP contribution in [0.4, 0.5) is 0 Å². The Morgan fingerprint density at radius 2 is 1.70 bits per heavy atom. The largest absolute Gasteiger partial charge is 0.493 e. The highest BCUT2D eigenvalue weighted by atomic mass is 32.1. The van der Waals surface area contributed by atoms with Crippen molar-refractivity contribution in [3.63, 3.8) is 0 Å². The number of aromatic nitrogens is 1. The van der Waals surface area contributed by atoms with Crippen molar-refractivity contribution in [2.75, 3.05) is 21.3 Å².